The minimum atomic E-state index is -3.86. The quantitative estimate of drug-likeness (QED) is 0.771. The van der Waals surface area contributed by atoms with Gasteiger partial charge in [-0.2, -0.15) is 5.26 Å². The van der Waals surface area contributed by atoms with E-state index >= 15 is 0 Å². The van der Waals surface area contributed by atoms with Crippen LogP contribution in [0.15, 0.2) is 17.0 Å². The van der Waals surface area contributed by atoms with Crippen molar-refractivity contribution in [3.8, 4) is 6.07 Å². The number of nitriles is 1. The average Bonchev–Trinajstić information content (AvgIpc) is 2.15. The minimum Gasteiger partial charge on any atom is -0.207 e. The van der Waals surface area contributed by atoms with E-state index in [-0.39, 0.29) is 9.92 Å². The zero-order valence-corrected chi connectivity index (χ0v) is 10.1. The van der Waals surface area contributed by atoms with E-state index in [1.54, 1.807) is 6.92 Å². The zero-order chi connectivity index (χ0) is 11.6. The highest BCUT2D eigenvalue weighted by atomic mass is 35.7. The molecule has 1 aromatic carbocycles. The maximum Gasteiger partial charge on any atom is 0.262 e. The summed E-state index contributed by atoms with van der Waals surface area (Å²) in [5.41, 5.74) is 0.868. The van der Waals surface area contributed by atoms with Crippen LogP contribution < -0.4 is 0 Å². The first-order chi connectivity index (χ1) is 6.91. The van der Waals surface area contributed by atoms with Crippen molar-refractivity contribution in [1.82, 2.24) is 0 Å². The van der Waals surface area contributed by atoms with Crippen molar-refractivity contribution in [3.05, 3.63) is 28.3 Å². The summed E-state index contributed by atoms with van der Waals surface area (Å²) in [6, 6.07) is 4.58. The highest BCUT2D eigenvalue weighted by Gasteiger charge is 2.18. The molecule has 0 fully saturated rings. The first kappa shape index (κ1) is 12.3. The molecule has 1 aromatic rings. The van der Waals surface area contributed by atoms with Crippen LogP contribution in [0, 0.1) is 11.3 Å². The molecule has 0 bridgehead atoms. The third kappa shape index (κ3) is 2.43. The molecule has 80 valence electrons. The average molecular weight is 264 g/mol. The Balaban J connectivity index is 3.59. The summed E-state index contributed by atoms with van der Waals surface area (Å²) in [6.45, 7) is 1.78. The molecule has 0 aliphatic carbocycles. The fourth-order valence-electron chi connectivity index (χ4n) is 1.24. The van der Waals surface area contributed by atoms with Gasteiger partial charge in [-0.15, -0.1) is 0 Å². The van der Waals surface area contributed by atoms with E-state index in [2.05, 4.69) is 0 Å². The summed E-state index contributed by atoms with van der Waals surface area (Å²) in [6.07, 6.45) is 0.474. The number of hydrogen-bond donors (Lipinski definition) is 0. The Kier molecular flexibility index (Phi) is 3.61. The van der Waals surface area contributed by atoms with Crippen LogP contribution in [0.3, 0.4) is 0 Å². The molecule has 0 saturated carbocycles. The third-order valence-electron chi connectivity index (χ3n) is 1.94. The number of halogens is 2. The Labute approximate surface area is 97.7 Å². The number of benzene rings is 1. The van der Waals surface area contributed by atoms with Gasteiger partial charge in [0.15, 0.2) is 0 Å². The van der Waals surface area contributed by atoms with Crippen LogP contribution >= 0.6 is 22.3 Å². The van der Waals surface area contributed by atoms with Crippen LogP contribution in [0.2, 0.25) is 5.02 Å². The Morgan fingerprint density at radius 2 is 2.07 bits per heavy atom. The van der Waals surface area contributed by atoms with Gasteiger partial charge in [-0.05, 0) is 24.1 Å². The van der Waals surface area contributed by atoms with Crippen LogP contribution in [0.5, 0.6) is 0 Å². The molecule has 0 spiro atoms. The normalized spacial score (nSPS) is 11.1. The van der Waals surface area contributed by atoms with Crippen molar-refractivity contribution in [3.63, 3.8) is 0 Å². The summed E-state index contributed by atoms with van der Waals surface area (Å²) in [5, 5.41) is 8.81. The van der Waals surface area contributed by atoms with E-state index in [0.29, 0.717) is 17.5 Å². The van der Waals surface area contributed by atoms with E-state index < -0.39 is 9.05 Å². The van der Waals surface area contributed by atoms with Crippen LogP contribution in [0.25, 0.3) is 0 Å². The van der Waals surface area contributed by atoms with Gasteiger partial charge in [-0.25, -0.2) is 8.42 Å². The summed E-state index contributed by atoms with van der Waals surface area (Å²) in [4.78, 5) is -0.151. The fourth-order valence-corrected chi connectivity index (χ4v) is 2.91. The lowest BCUT2D eigenvalue weighted by molar-refractivity contribution is 0.609. The lowest BCUT2D eigenvalue weighted by atomic mass is 10.1. The van der Waals surface area contributed by atoms with Gasteiger partial charge in [0.05, 0.1) is 16.7 Å². The van der Waals surface area contributed by atoms with E-state index in [9.17, 15) is 8.42 Å². The molecule has 0 saturated heterocycles. The van der Waals surface area contributed by atoms with Gasteiger partial charge >= 0.3 is 0 Å². The zero-order valence-electron chi connectivity index (χ0n) is 7.79. The van der Waals surface area contributed by atoms with Gasteiger partial charge in [0.1, 0.15) is 4.90 Å². The molecule has 0 heterocycles. The SMILES string of the molecule is CCc1c(C#N)ccc(S(=O)(=O)Cl)c1Cl. The molecular formula is C9H7Cl2NO2S. The molecule has 6 heteroatoms. The van der Waals surface area contributed by atoms with Crippen molar-refractivity contribution in [1.29, 1.82) is 5.26 Å². The van der Waals surface area contributed by atoms with Crippen molar-refractivity contribution >= 4 is 31.3 Å². The van der Waals surface area contributed by atoms with E-state index in [1.807, 2.05) is 6.07 Å². The molecule has 0 N–H and O–H groups in total. The lowest BCUT2D eigenvalue weighted by Crippen LogP contribution is -1.98. The molecule has 1 rings (SSSR count). The monoisotopic (exact) mass is 263 g/mol. The third-order valence-corrected chi connectivity index (χ3v) is 3.85. The Hall–Kier alpha value is -0.760. The summed E-state index contributed by atoms with van der Waals surface area (Å²) >= 11 is 5.86. The minimum absolute atomic E-state index is 0.0338. The molecule has 0 unspecified atom stereocenters. The second-order valence-corrected chi connectivity index (χ2v) is 5.72. The first-order valence-electron chi connectivity index (χ1n) is 4.08. The Bertz CT molecular complexity index is 532. The van der Waals surface area contributed by atoms with Crippen LogP contribution in [0.1, 0.15) is 18.1 Å². The smallest absolute Gasteiger partial charge is 0.207 e. The highest BCUT2D eigenvalue weighted by Crippen LogP contribution is 2.30. The Morgan fingerprint density at radius 3 is 2.47 bits per heavy atom. The molecule has 15 heavy (non-hydrogen) atoms. The van der Waals surface area contributed by atoms with Gasteiger partial charge in [0, 0.05) is 10.7 Å². The highest BCUT2D eigenvalue weighted by molar-refractivity contribution is 8.13. The number of rotatable bonds is 2. The second-order valence-electron chi connectivity index (χ2n) is 2.81. The summed E-state index contributed by atoms with van der Waals surface area (Å²) in [5.74, 6) is 0. The molecule has 0 atom stereocenters. The van der Waals surface area contributed by atoms with Crippen LogP contribution in [-0.4, -0.2) is 8.42 Å². The molecular weight excluding hydrogens is 257 g/mol. The first-order valence-corrected chi connectivity index (χ1v) is 6.76. The largest absolute Gasteiger partial charge is 0.262 e. The van der Waals surface area contributed by atoms with Gasteiger partial charge in [-0.1, -0.05) is 18.5 Å². The molecule has 0 aliphatic rings. The van der Waals surface area contributed by atoms with Gasteiger partial charge in [0.25, 0.3) is 9.05 Å². The number of nitrogens with zero attached hydrogens (tertiary/aromatic N) is 1. The maximum absolute atomic E-state index is 11.1. The van der Waals surface area contributed by atoms with Crippen LogP contribution in [0.4, 0.5) is 0 Å². The van der Waals surface area contributed by atoms with E-state index in [4.69, 9.17) is 27.5 Å². The predicted octanol–water partition coefficient (Wildman–Crippen LogP) is 2.70. The maximum atomic E-state index is 11.1. The van der Waals surface area contributed by atoms with Crippen molar-refractivity contribution in [2.75, 3.05) is 0 Å². The molecule has 0 aliphatic heterocycles. The standard InChI is InChI=1S/C9H7Cl2NO2S/c1-2-7-6(5-12)3-4-8(9(7)10)15(11,13)14/h3-4H,2H2,1H3. The lowest BCUT2D eigenvalue weighted by Gasteiger charge is -2.07. The fraction of sp³-hybridized carbons (Fsp3) is 0.222. The van der Waals surface area contributed by atoms with Gasteiger partial charge in [-0.3, -0.25) is 0 Å². The van der Waals surface area contributed by atoms with Gasteiger partial charge in [0.2, 0.25) is 0 Å². The summed E-state index contributed by atoms with van der Waals surface area (Å²) in [7, 11) is 1.33. The molecule has 3 nitrogen and oxygen atoms in total. The second kappa shape index (κ2) is 4.40. The van der Waals surface area contributed by atoms with Gasteiger partial charge < -0.3 is 0 Å². The van der Waals surface area contributed by atoms with E-state index in [1.165, 1.54) is 12.1 Å². The Morgan fingerprint density at radius 1 is 1.47 bits per heavy atom. The van der Waals surface area contributed by atoms with E-state index in [0.717, 1.165) is 0 Å². The van der Waals surface area contributed by atoms with Crippen molar-refractivity contribution < 1.29 is 8.42 Å². The van der Waals surface area contributed by atoms with Crippen LogP contribution in [-0.2, 0) is 15.5 Å². The predicted molar refractivity (Wildman–Crippen MR) is 58.6 cm³/mol. The molecule has 0 radical (unpaired) electrons. The topological polar surface area (TPSA) is 57.9 Å². The summed E-state index contributed by atoms with van der Waals surface area (Å²) < 4.78 is 22.2. The number of hydrogen-bond acceptors (Lipinski definition) is 3. The molecule has 0 amide bonds. The van der Waals surface area contributed by atoms with Crippen molar-refractivity contribution in [2.45, 2.75) is 18.2 Å². The van der Waals surface area contributed by atoms with Crippen molar-refractivity contribution in [2.24, 2.45) is 0 Å². The molecule has 0 aromatic heterocycles.